The number of amides is 1. The molecule has 13 atom stereocenters. The Kier molecular flexibility index (Phi) is 21.3. The highest BCUT2D eigenvalue weighted by molar-refractivity contribution is 5.82. The molecule has 11 nitrogen and oxygen atoms in total. The highest BCUT2D eigenvalue weighted by Crippen LogP contribution is 2.30. The number of rotatable bonds is 9. The molecule has 0 radical (unpaired) electrons. The van der Waals surface area contributed by atoms with Crippen molar-refractivity contribution in [3.63, 3.8) is 0 Å². The van der Waals surface area contributed by atoms with E-state index in [-0.39, 0.29) is 36.0 Å². The normalized spacial score (nSPS) is 32.3. The predicted octanol–water partition coefficient (Wildman–Crippen LogP) is 8.14. The van der Waals surface area contributed by atoms with Crippen molar-refractivity contribution in [2.45, 2.75) is 130 Å². The zero-order valence-corrected chi connectivity index (χ0v) is 37.0. The van der Waals surface area contributed by atoms with Gasteiger partial charge in [0.1, 0.15) is 17.8 Å². The molecule has 0 bridgehead atoms. The molecule has 0 aliphatic carbocycles. The number of cyclic esters (lactones) is 1. The molecule has 0 fully saturated rings. The highest BCUT2D eigenvalue weighted by atomic mass is 16.6. The van der Waals surface area contributed by atoms with Crippen molar-refractivity contribution < 1.29 is 48.7 Å². The molecule has 1 amide bonds. The van der Waals surface area contributed by atoms with Gasteiger partial charge in [-0.2, -0.15) is 0 Å². The van der Waals surface area contributed by atoms with Gasteiger partial charge in [0.15, 0.2) is 6.10 Å². The van der Waals surface area contributed by atoms with E-state index in [4.69, 9.17) is 18.9 Å². The number of aliphatic hydroxyl groups is 3. The number of allylic oxidation sites excluding steroid dienone is 5. The lowest BCUT2D eigenvalue weighted by Crippen LogP contribution is -2.44. The second-order valence-corrected chi connectivity index (χ2v) is 17.1. The van der Waals surface area contributed by atoms with Crippen molar-refractivity contribution in [1.82, 2.24) is 5.32 Å². The summed E-state index contributed by atoms with van der Waals surface area (Å²) in [6.07, 6.45) is 11.8. The first kappa shape index (κ1) is 50.9. The van der Waals surface area contributed by atoms with Crippen LogP contribution in [-0.4, -0.2) is 82.7 Å². The third kappa shape index (κ3) is 17.5. The van der Waals surface area contributed by atoms with Crippen molar-refractivity contribution in [2.24, 2.45) is 35.5 Å². The third-order valence-electron chi connectivity index (χ3n) is 10.6. The zero-order valence-electron chi connectivity index (χ0n) is 37.0. The van der Waals surface area contributed by atoms with Crippen LogP contribution in [0.4, 0.5) is 4.79 Å². The lowest BCUT2D eigenvalue weighted by molar-refractivity contribution is -0.160. The molecular formula is C48H71NO10. The number of methoxy groups -OCH3 is 1. The molecule has 4 N–H and O–H groups in total. The number of carbonyl (C=O) groups is 3. The topological polar surface area (TPSA) is 161 Å². The monoisotopic (exact) mass is 822 g/mol. The number of benzene rings is 1. The first-order valence-electron chi connectivity index (χ1n) is 20.7. The zero-order chi connectivity index (χ0) is 44.4. The first-order valence-corrected chi connectivity index (χ1v) is 20.7. The third-order valence-corrected chi connectivity index (χ3v) is 10.6. The van der Waals surface area contributed by atoms with Gasteiger partial charge in [-0.1, -0.05) is 133 Å². The minimum Gasteiger partial charge on any atom is -0.458 e. The molecular weight excluding hydrogens is 751 g/mol. The lowest BCUT2D eigenvalue weighted by Gasteiger charge is -2.33. The fourth-order valence-electron chi connectivity index (χ4n) is 7.29. The van der Waals surface area contributed by atoms with Gasteiger partial charge in [0.2, 0.25) is 0 Å². The second-order valence-electron chi connectivity index (χ2n) is 17.1. The molecule has 11 heteroatoms. The minimum absolute atomic E-state index is 0.172. The van der Waals surface area contributed by atoms with Crippen molar-refractivity contribution in [1.29, 1.82) is 0 Å². The van der Waals surface area contributed by atoms with E-state index in [1.165, 1.54) is 6.08 Å². The van der Waals surface area contributed by atoms with Gasteiger partial charge in [0, 0.05) is 49.2 Å². The van der Waals surface area contributed by atoms with Gasteiger partial charge in [-0.3, -0.25) is 0 Å². The van der Waals surface area contributed by atoms with Crippen molar-refractivity contribution in [3.8, 4) is 0 Å². The molecule has 1 aromatic rings. The summed E-state index contributed by atoms with van der Waals surface area (Å²) in [5, 5.41) is 37.0. The van der Waals surface area contributed by atoms with E-state index >= 15 is 0 Å². The molecule has 0 aromatic heterocycles. The van der Waals surface area contributed by atoms with Gasteiger partial charge in [0.25, 0.3) is 0 Å². The van der Waals surface area contributed by atoms with Crippen LogP contribution in [0.5, 0.6) is 0 Å². The predicted molar refractivity (Wildman–Crippen MR) is 232 cm³/mol. The molecule has 0 saturated carbocycles. The number of alkyl carbamates (subject to hydrolysis) is 1. The van der Waals surface area contributed by atoms with Crippen LogP contribution in [0, 0.1) is 35.5 Å². The number of hydrogen-bond acceptors (Lipinski definition) is 10. The van der Waals surface area contributed by atoms with Crippen molar-refractivity contribution in [2.75, 3.05) is 7.11 Å². The Morgan fingerprint density at radius 2 is 1.63 bits per heavy atom. The largest absolute Gasteiger partial charge is 0.458 e. The van der Waals surface area contributed by atoms with Crippen LogP contribution in [0.1, 0.15) is 93.7 Å². The Morgan fingerprint density at radius 1 is 0.966 bits per heavy atom. The number of hydrogen-bond donors (Lipinski definition) is 4. The summed E-state index contributed by atoms with van der Waals surface area (Å²) < 4.78 is 23.2. The number of esters is 2. The fraction of sp³-hybridized carbons (Fsp3) is 0.562. The summed E-state index contributed by atoms with van der Waals surface area (Å²) in [6, 6.07) is 7.39. The molecule has 0 unspecified atom stereocenters. The molecule has 1 aromatic carbocycles. The first-order chi connectivity index (χ1) is 27.7. The molecule has 328 valence electrons. The molecule has 0 saturated heterocycles. The highest BCUT2D eigenvalue weighted by Gasteiger charge is 2.35. The summed E-state index contributed by atoms with van der Waals surface area (Å²) in [4.78, 5) is 39.7. The average Bonchev–Trinajstić information content (AvgIpc) is 3.18. The Labute approximate surface area is 352 Å². The molecule has 0 spiro atoms. The van der Waals surface area contributed by atoms with Crippen LogP contribution in [0.15, 0.2) is 103 Å². The van der Waals surface area contributed by atoms with Gasteiger partial charge in [-0.25, -0.2) is 14.4 Å². The SMILES string of the molecule is C=C/C=C\[C@H](C)[C@@H]1OC(=O)/C=C\C=C\[C@@H](C)[C@@H](OC)C[C@H](OC(=O)[C@H](O)[C@@H](NC(=O)OC(C)(C)C)c2ccccc2)/C=C\[C@H](C)[C@H](O)[C@@H](C)/C=C(/C)C[C@H](C)[C@@H](O)[C@@H]1C. The molecule has 1 heterocycles. The van der Waals surface area contributed by atoms with Gasteiger partial charge in [0.05, 0.1) is 24.4 Å². The smallest absolute Gasteiger partial charge is 0.408 e. The lowest BCUT2D eigenvalue weighted by atomic mass is 9.81. The van der Waals surface area contributed by atoms with E-state index < -0.39 is 72.2 Å². The van der Waals surface area contributed by atoms with Crippen LogP contribution in [0.2, 0.25) is 0 Å². The Morgan fingerprint density at radius 3 is 2.24 bits per heavy atom. The average molecular weight is 822 g/mol. The number of nitrogens with one attached hydrogen (secondary N) is 1. The van der Waals surface area contributed by atoms with E-state index in [0.29, 0.717) is 12.0 Å². The summed E-state index contributed by atoms with van der Waals surface area (Å²) in [5.41, 5.74) is 0.633. The summed E-state index contributed by atoms with van der Waals surface area (Å²) in [5.74, 6) is -3.21. The van der Waals surface area contributed by atoms with Crippen molar-refractivity contribution in [3.05, 3.63) is 109 Å². The quantitative estimate of drug-likeness (QED) is 0.0829. The van der Waals surface area contributed by atoms with E-state index in [9.17, 15) is 29.7 Å². The van der Waals surface area contributed by atoms with E-state index in [2.05, 4.69) is 11.9 Å². The summed E-state index contributed by atoms with van der Waals surface area (Å²) in [6.45, 7) is 22.3. The number of ether oxygens (including phenoxy) is 4. The van der Waals surface area contributed by atoms with E-state index in [1.54, 1.807) is 94.7 Å². The van der Waals surface area contributed by atoms with Crippen molar-refractivity contribution >= 4 is 18.0 Å². The van der Waals surface area contributed by atoms with Gasteiger partial charge in [-0.05, 0) is 51.7 Å². The summed E-state index contributed by atoms with van der Waals surface area (Å²) in [7, 11) is 1.54. The maximum Gasteiger partial charge on any atom is 0.408 e. The Bertz CT molecular complexity index is 1630. The fourth-order valence-corrected chi connectivity index (χ4v) is 7.29. The molecule has 1 aliphatic rings. The van der Waals surface area contributed by atoms with Gasteiger partial charge in [-0.15, -0.1) is 0 Å². The number of aliphatic hydroxyl groups excluding tert-OH is 3. The molecule has 59 heavy (non-hydrogen) atoms. The van der Waals surface area contributed by atoms with Crippen LogP contribution >= 0.6 is 0 Å². The van der Waals surface area contributed by atoms with E-state index in [0.717, 1.165) is 5.57 Å². The van der Waals surface area contributed by atoms with Crippen LogP contribution in [-0.2, 0) is 28.5 Å². The van der Waals surface area contributed by atoms with Crippen LogP contribution in [0.25, 0.3) is 0 Å². The van der Waals surface area contributed by atoms with Crippen LogP contribution < -0.4 is 5.32 Å². The molecule has 2 rings (SSSR count). The second kappa shape index (κ2) is 24.7. The maximum atomic E-state index is 13.8. The summed E-state index contributed by atoms with van der Waals surface area (Å²) >= 11 is 0. The Hall–Kier alpha value is -4.29. The molecule has 1 aliphatic heterocycles. The Balaban J connectivity index is 2.53. The van der Waals surface area contributed by atoms with E-state index in [1.807, 2.05) is 66.7 Å². The number of carbonyl (C=O) groups excluding carboxylic acids is 3. The van der Waals surface area contributed by atoms with Crippen LogP contribution in [0.3, 0.4) is 0 Å². The maximum absolute atomic E-state index is 13.8. The standard InChI is InChI=1S/C48H71NO10/c1-13-14-20-33(5)45-36(8)43(52)35(7)28-30(2)27-34(6)42(51)32(4)25-26-38(29-39(56-12)31(3)21-18-19-24-40(50)58-45)57-46(54)44(53)41(37-22-16-15-17-23-37)49-47(55)59-48(9,10)11/h13-27,31-36,38-39,41-45,51-53H,1,28-29H2,2-12H3,(H,49,55)/b20-14-,21-18+,24-19-,26-25-,30-27-/t31-,32+,33+,34+,35+,36+,38-,39+,41+,42+,43-,44-,45+/m1/s1. The van der Waals surface area contributed by atoms with Gasteiger partial charge >= 0.3 is 18.0 Å². The van der Waals surface area contributed by atoms with Gasteiger partial charge < -0.3 is 39.6 Å². The minimum atomic E-state index is -1.81.